The summed E-state index contributed by atoms with van der Waals surface area (Å²) in [4.78, 5) is 11.4. The molecule has 0 saturated heterocycles. The zero-order valence-electron chi connectivity index (χ0n) is 18.8. The first kappa shape index (κ1) is 24.3. The third kappa shape index (κ3) is 5.04. The quantitative estimate of drug-likeness (QED) is 0.462. The molecule has 2 aromatic carbocycles. The summed E-state index contributed by atoms with van der Waals surface area (Å²) < 4.78 is 56.5. The minimum Gasteiger partial charge on any atom is -0.477 e. The maximum atomic E-state index is 13.3. The van der Waals surface area contributed by atoms with Crippen molar-refractivity contribution < 1.29 is 26.7 Å². The lowest BCUT2D eigenvalue weighted by molar-refractivity contribution is 0.0688. The Morgan fingerprint density at radius 3 is 2.15 bits per heavy atom. The van der Waals surface area contributed by atoms with Crippen LogP contribution in [0.25, 0.3) is 5.69 Å². The van der Waals surface area contributed by atoms with Crippen molar-refractivity contribution in [1.82, 2.24) is 4.57 Å². The van der Waals surface area contributed by atoms with E-state index in [1.165, 1.54) is 10.6 Å². The van der Waals surface area contributed by atoms with Crippen molar-refractivity contribution in [2.75, 3.05) is 15.7 Å². The number of carboxylic acid groups (broad SMARTS) is 1. The van der Waals surface area contributed by atoms with E-state index in [9.17, 15) is 26.7 Å². The Bertz CT molecular complexity index is 1470. The van der Waals surface area contributed by atoms with Crippen LogP contribution in [0.5, 0.6) is 0 Å². The molecule has 0 unspecified atom stereocenters. The molecule has 33 heavy (non-hydrogen) atoms. The Labute approximate surface area is 193 Å². The maximum Gasteiger partial charge on any atom is 0.352 e. The Hall–Kier alpha value is -3.31. The molecule has 0 atom stereocenters. The van der Waals surface area contributed by atoms with Crippen LogP contribution in [-0.4, -0.2) is 38.7 Å². The second-order valence-corrected chi connectivity index (χ2v) is 11.3. The number of hydrogen-bond donors (Lipinski definition) is 3. The largest absolute Gasteiger partial charge is 0.477 e. The molecule has 11 heteroatoms. The smallest absolute Gasteiger partial charge is 0.352 e. The van der Waals surface area contributed by atoms with Crippen molar-refractivity contribution in [3.63, 3.8) is 0 Å². The number of aromatic nitrogens is 1. The van der Waals surface area contributed by atoms with Crippen LogP contribution in [0.3, 0.4) is 0 Å². The highest BCUT2D eigenvalue weighted by Gasteiger charge is 2.24. The van der Waals surface area contributed by atoms with E-state index in [1.807, 2.05) is 0 Å². The summed E-state index contributed by atoms with van der Waals surface area (Å²) in [6.45, 7) is 6.64. The summed E-state index contributed by atoms with van der Waals surface area (Å²) in [5.41, 5.74) is 3.23. The maximum absolute atomic E-state index is 13.3. The SMILES string of the molecule is Cc1cc(NS(=O)(=O)c2c(C)cc(C)c(NS(C)(=O)=O)c2C)ccc1-n1cccc1C(=O)O. The number of sulfonamides is 2. The molecular formula is C22H25N3O6S2. The fourth-order valence-electron chi connectivity index (χ4n) is 3.88. The fraction of sp³-hybridized carbons (Fsp3) is 0.227. The van der Waals surface area contributed by atoms with Gasteiger partial charge in [-0.15, -0.1) is 0 Å². The molecule has 0 fully saturated rings. The predicted octanol–water partition coefficient (Wildman–Crippen LogP) is 3.58. The van der Waals surface area contributed by atoms with Gasteiger partial charge in [-0.25, -0.2) is 21.6 Å². The number of rotatable bonds is 7. The topological polar surface area (TPSA) is 135 Å². The van der Waals surface area contributed by atoms with Gasteiger partial charge in [-0.1, -0.05) is 6.07 Å². The molecule has 9 nitrogen and oxygen atoms in total. The first-order valence-electron chi connectivity index (χ1n) is 9.84. The van der Waals surface area contributed by atoms with Gasteiger partial charge in [0.2, 0.25) is 10.0 Å². The van der Waals surface area contributed by atoms with Gasteiger partial charge < -0.3 is 9.67 Å². The van der Waals surface area contributed by atoms with Crippen LogP contribution in [0.2, 0.25) is 0 Å². The van der Waals surface area contributed by atoms with E-state index < -0.39 is 26.0 Å². The fourth-order valence-corrected chi connectivity index (χ4v) is 6.10. The molecule has 3 rings (SSSR count). The normalized spacial score (nSPS) is 11.9. The van der Waals surface area contributed by atoms with Crippen LogP contribution in [-0.2, 0) is 20.0 Å². The van der Waals surface area contributed by atoms with E-state index in [4.69, 9.17) is 0 Å². The van der Waals surface area contributed by atoms with Crippen molar-refractivity contribution in [1.29, 1.82) is 0 Å². The molecule has 0 aliphatic rings. The van der Waals surface area contributed by atoms with Crippen LogP contribution in [0.15, 0.2) is 47.5 Å². The Kier molecular flexibility index (Phi) is 6.31. The number of anilines is 2. The first-order valence-corrected chi connectivity index (χ1v) is 13.2. The van der Waals surface area contributed by atoms with E-state index in [-0.39, 0.29) is 27.5 Å². The molecule has 3 N–H and O–H groups in total. The molecule has 0 saturated carbocycles. The van der Waals surface area contributed by atoms with Crippen LogP contribution in [0.4, 0.5) is 11.4 Å². The van der Waals surface area contributed by atoms with Crippen LogP contribution in [0, 0.1) is 27.7 Å². The molecule has 0 radical (unpaired) electrons. The number of hydrogen-bond acceptors (Lipinski definition) is 5. The third-order valence-corrected chi connectivity index (χ3v) is 7.38. The first-order chi connectivity index (χ1) is 15.2. The summed E-state index contributed by atoms with van der Waals surface area (Å²) in [7, 11) is -7.67. The van der Waals surface area contributed by atoms with Gasteiger partial charge in [0.15, 0.2) is 0 Å². The number of nitrogens with zero attached hydrogens (tertiary/aromatic N) is 1. The van der Waals surface area contributed by atoms with Gasteiger partial charge in [-0.05, 0) is 80.3 Å². The lowest BCUT2D eigenvalue weighted by Crippen LogP contribution is -2.19. The number of nitrogens with one attached hydrogen (secondary N) is 2. The lowest BCUT2D eigenvalue weighted by Gasteiger charge is -2.19. The molecule has 0 bridgehead atoms. The zero-order valence-corrected chi connectivity index (χ0v) is 20.4. The van der Waals surface area contributed by atoms with Gasteiger partial charge in [0.1, 0.15) is 5.69 Å². The summed E-state index contributed by atoms with van der Waals surface area (Å²) in [5, 5.41) is 9.35. The molecule has 176 valence electrons. The minimum atomic E-state index is -4.06. The summed E-state index contributed by atoms with van der Waals surface area (Å²) in [5.74, 6) is -1.08. The third-order valence-electron chi connectivity index (χ3n) is 5.13. The van der Waals surface area contributed by atoms with E-state index in [0.29, 0.717) is 22.4 Å². The van der Waals surface area contributed by atoms with Gasteiger partial charge in [-0.3, -0.25) is 9.44 Å². The number of carbonyl (C=O) groups is 1. The van der Waals surface area contributed by atoms with Crippen molar-refractivity contribution >= 4 is 37.4 Å². The van der Waals surface area contributed by atoms with E-state index in [1.54, 1.807) is 64.2 Å². The average Bonchev–Trinajstić information content (AvgIpc) is 3.13. The number of benzene rings is 2. The molecule has 0 spiro atoms. The highest BCUT2D eigenvalue weighted by atomic mass is 32.2. The Morgan fingerprint density at radius 2 is 1.58 bits per heavy atom. The molecule has 0 amide bonds. The van der Waals surface area contributed by atoms with E-state index in [0.717, 1.165) is 6.26 Å². The van der Waals surface area contributed by atoms with Crippen LogP contribution < -0.4 is 9.44 Å². The van der Waals surface area contributed by atoms with Gasteiger partial charge in [0.05, 0.1) is 16.8 Å². The van der Waals surface area contributed by atoms with E-state index in [2.05, 4.69) is 9.44 Å². The second kappa shape index (κ2) is 8.56. The molecule has 0 aliphatic heterocycles. The zero-order chi connectivity index (χ0) is 24.7. The van der Waals surface area contributed by atoms with Crippen molar-refractivity contribution in [2.24, 2.45) is 0 Å². The molecular weight excluding hydrogens is 466 g/mol. The lowest BCUT2D eigenvalue weighted by atomic mass is 10.1. The highest BCUT2D eigenvalue weighted by Crippen LogP contribution is 2.32. The number of aryl methyl sites for hydroxylation is 3. The van der Waals surface area contributed by atoms with Gasteiger partial charge in [0.25, 0.3) is 10.0 Å². The van der Waals surface area contributed by atoms with Gasteiger partial charge in [-0.2, -0.15) is 0 Å². The van der Waals surface area contributed by atoms with Crippen molar-refractivity contribution in [2.45, 2.75) is 32.6 Å². The Balaban J connectivity index is 2.02. The predicted molar refractivity (Wildman–Crippen MR) is 127 cm³/mol. The van der Waals surface area contributed by atoms with Crippen LogP contribution in [0.1, 0.15) is 32.7 Å². The van der Waals surface area contributed by atoms with Gasteiger partial charge >= 0.3 is 5.97 Å². The second-order valence-electron chi connectivity index (χ2n) is 7.89. The summed E-state index contributed by atoms with van der Waals surface area (Å²) in [6, 6.07) is 9.48. The van der Waals surface area contributed by atoms with Crippen molar-refractivity contribution in [3.8, 4) is 5.69 Å². The van der Waals surface area contributed by atoms with E-state index >= 15 is 0 Å². The molecule has 3 aromatic rings. The Morgan fingerprint density at radius 1 is 0.909 bits per heavy atom. The molecule has 0 aliphatic carbocycles. The average molecular weight is 492 g/mol. The highest BCUT2D eigenvalue weighted by molar-refractivity contribution is 7.93. The number of carboxylic acids is 1. The summed E-state index contributed by atoms with van der Waals surface area (Å²) >= 11 is 0. The summed E-state index contributed by atoms with van der Waals surface area (Å²) in [6.07, 6.45) is 2.62. The minimum absolute atomic E-state index is 0.0143. The molecule has 1 heterocycles. The van der Waals surface area contributed by atoms with Crippen LogP contribution >= 0.6 is 0 Å². The molecule has 1 aromatic heterocycles. The monoisotopic (exact) mass is 491 g/mol. The van der Waals surface area contributed by atoms with Gasteiger partial charge in [0, 0.05) is 17.6 Å². The number of aromatic carboxylic acids is 1. The van der Waals surface area contributed by atoms with Crippen molar-refractivity contribution in [3.05, 3.63) is 70.5 Å². The standard InChI is InChI=1S/C22H25N3O6S2/c1-13-12-17(8-9-18(13)25-10-6-7-19(25)22(26)27)23-33(30,31)21-15(3)11-14(2)20(16(21)4)24-32(5,28)29/h6-12,23-24H,1-5H3,(H,26,27).